The van der Waals surface area contributed by atoms with E-state index in [0.717, 1.165) is 0 Å². The summed E-state index contributed by atoms with van der Waals surface area (Å²) in [5.41, 5.74) is -6.69. The van der Waals surface area contributed by atoms with Crippen LogP contribution in [-0.4, -0.2) is 80.6 Å². The maximum atomic E-state index is 11.4. The van der Waals surface area contributed by atoms with Gasteiger partial charge >= 0.3 is 75.5 Å². The molecule has 0 aliphatic carbocycles. The number of hydrogen-bond acceptors (Lipinski definition) is 1. The molecule has 1 N–H and O–H groups in total. The summed E-state index contributed by atoms with van der Waals surface area (Å²) in [5.74, 6) is 0. The molecule has 0 bridgehead atoms. The molecule has 88 valence electrons. The summed E-state index contributed by atoms with van der Waals surface area (Å²) in [6.07, 6.45) is -20.6. The summed E-state index contributed by atoms with van der Waals surface area (Å²) < 4.78 is 103. The molecule has 0 heterocycles. The van der Waals surface area contributed by atoms with Crippen LogP contribution >= 0.6 is 0 Å². The average Bonchev–Trinajstić information content (AvgIpc) is 1.77. The minimum absolute atomic E-state index is 0. The van der Waals surface area contributed by atoms with Gasteiger partial charge < -0.3 is 5.11 Å². The molecular weight excluding hydrogens is 274 g/mol. The van der Waals surface area contributed by atoms with E-state index in [-0.39, 0.29) is 51.4 Å². The van der Waals surface area contributed by atoms with Gasteiger partial charge in [-0.3, -0.25) is 0 Å². The second-order valence-electron chi connectivity index (χ2n) is 2.20. The Morgan fingerprint density at radius 1 is 0.533 bits per heavy atom. The molecule has 15 heavy (non-hydrogen) atoms. The van der Waals surface area contributed by atoms with Crippen molar-refractivity contribution >= 4 is 51.4 Å². The van der Waals surface area contributed by atoms with Crippen LogP contribution in [0, 0.1) is 0 Å². The molecule has 0 atom stereocenters. The van der Waals surface area contributed by atoms with Gasteiger partial charge in [-0.1, -0.05) is 0 Å². The summed E-state index contributed by atoms with van der Waals surface area (Å²) >= 11 is 0. The first-order chi connectivity index (χ1) is 5.75. The van der Waals surface area contributed by atoms with Crippen molar-refractivity contribution in [3.8, 4) is 0 Å². The molecular formula is C4H2F9KO. The fraction of sp³-hybridized carbons (Fsp3) is 1.00. The zero-order valence-electron chi connectivity index (χ0n) is 5.85. The third-order valence-corrected chi connectivity index (χ3v) is 1.23. The van der Waals surface area contributed by atoms with Crippen LogP contribution in [-0.2, 0) is 0 Å². The van der Waals surface area contributed by atoms with Crippen molar-refractivity contribution in [3.63, 3.8) is 0 Å². The van der Waals surface area contributed by atoms with Crippen molar-refractivity contribution in [3.05, 3.63) is 0 Å². The quantitative estimate of drug-likeness (QED) is 0.528. The number of rotatable bonds is 0. The Morgan fingerprint density at radius 3 is 0.667 bits per heavy atom. The normalized spacial score (nSPS) is 14.8. The molecule has 0 aromatic heterocycles. The van der Waals surface area contributed by atoms with Crippen LogP contribution in [0.15, 0.2) is 0 Å². The number of alkyl halides is 9. The van der Waals surface area contributed by atoms with Gasteiger partial charge in [0.25, 0.3) is 0 Å². The van der Waals surface area contributed by atoms with E-state index in [9.17, 15) is 39.5 Å². The molecule has 0 saturated carbocycles. The van der Waals surface area contributed by atoms with Crippen LogP contribution < -0.4 is 0 Å². The summed E-state index contributed by atoms with van der Waals surface area (Å²) in [6, 6.07) is 0. The summed E-state index contributed by atoms with van der Waals surface area (Å²) in [4.78, 5) is 0. The van der Waals surface area contributed by atoms with Crippen LogP contribution in [0.1, 0.15) is 0 Å². The van der Waals surface area contributed by atoms with E-state index in [1.165, 1.54) is 0 Å². The van der Waals surface area contributed by atoms with Crippen LogP contribution in [0.5, 0.6) is 0 Å². The van der Waals surface area contributed by atoms with E-state index in [4.69, 9.17) is 5.11 Å². The monoisotopic (exact) mass is 276 g/mol. The Morgan fingerprint density at radius 2 is 0.667 bits per heavy atom. The molecule has 0 aromatic rings. The Balaban J connectivity index is 0. The number of halogens is 9. The van der Waals surface area contributed by atoms with Gasteiger partial charge in [0.2, 0.25) is 0 Å². The molecule has 0 saturated heterocycles. The second kappa shape index (κ2) is 4.68. The zero-order valence-corrected chi connectivity index (χ0v) is 5.85. The van der Waals surface area contributed by atoms with Gasteiger partial charge in [-0.2, -0.15) is 39.5 Å². The Kier molecular flexibility index (Phi) is 5.72. The van der Waals surface area contributed by atoms with Crippen LogP contribution in [0.3, 0.4) is 0 Å². The van der Waals surface area contributed by atoms with Crippen molar-refractivity contribution in [1.82, 2.24) is 0 Å². The van der Waals surface area contributed by atoms with Crippen molar-refractivity contribution in [2.45, 2.75) is 24.1 Å². The molecule has 1 nitrogen and oxygen atoms in total. The van der Waals surface area contributed by atoms with Crippen molar-refractivity contribution < 1.29 is 44.6 Å². The van der Waals surface area contributed by atoms with Gasteiger partial charge in [-0.25, -0.2) is 0 Å². The van der Waals surface area contributed by atoms with Gasteiger partial charge in [0, 0.05) is 0 Å². The Labute approximate surface area is 119 Å². The first-order valence-electron chi connectivity index (χ1n) is 2.67. The summed E-state index contributed by atoms with van der Waals surface area (Å²) in [5, 5.41) is 7.65. The molecule has 0 unspecified atom stereocenters. The summed E-state index contributed by atoms with van der Waals surface area (Å²) in [7, 11) is 0. The van der Waals surface area contributed by atoms with Crippen molar-refractivity contribution in [1.29, 1.82) is 0 Å². The predicted octanol–water partition coefficient (Wildman–Crippen LogP) is 1.76. The topological polar surface area (TPSA) is 20.2 Å². The molecule has 0 fully saturated rings. The van der Waals surface area contributed by atoms with Gasteiger partial charge in [-0.05, 0) is 0 Å². The molecule has 0 aromatic carbocycles. The van der Waals surface area contributed by atoms with Crippen LogP contribution in [0.4, 0.5) is 39.5 Å². The first-order valence-corrected chi connectivity index (χ1v) is 2.67. The standard InChI is InChI=1S/C4HF9O.K.H/c5-2(6,7)1(14,3(8,9)10)4(11,12)13;;/h14H;;. The number of hydrogen-bond donors (Lipinski definition) is 1. The molecule has 0 spiro atoms. The maximum absolute atomic E-state index is 11.4. The predicted molar refractivity (Wildman–Crippen MR) is 30.3 cm³/mol. The van der Waals surface area contributed by atoms with E-state index in [1.807, 2.05) is 0 Å². The van der Waals surface area contributed by atoms with Gasteiger partial charge in [0.15, 0.2) is 0 Å². The molecule has 0 aliphatic rings. The third kappa shape index (κ3) is 3.22. The van der Waals surface area contributed by atoms with E-state index in [2.05, 4.69) is 0 Å². The Hall–Kier alpha value is 0.966. The molecule has 11 heteroatoms. The van der Waals surface area contributed by atoms with Gasteiger partial charge in [0.1, 0.15) is 0 Å². The minimum atomic E-state index is -6.87. The fourth-order valence-corrected chi connectivity index (χ4v) is 0.482. The van der Waals surface area contributed by atoms with Gasteiger partial charge in [-0.15, -0.1) is 0 Å². The Bertz CT molecular complexity index is 176. The van der Waals surface area contributed by atoms with E-state index < -0.39 is 24.1 Å². The average molecular weight is 276 g/mol. The number of aliphatic hydroxyl groups is 1. The molecule has 0 aliphatic heterocycles. The molecule has 0 amide bonds. The van der Waals surface area contributed by atoms with E-state index >= 15 is 0 Å². The van der Waals surface area contributed by atoms with Crippen molar-refractivity contribution in [2.24, 2.45) is 0 Å². The molecule has 0 rings (SSSR count). The first kappa shape index (κ1) is 18.3. The third-order valence-electron chi connectivity index (χ3n) is 1.23. The van der Waals surface area contributed by atoms with E-state index in [1.54, 1.807) is 0 Å². The zero-order chi connectivity index (χ0) is 12.0. The van der Waals surface area contributed by atoms with Crippen molar-refractivity contribution in [2.75, 3.05) is 0 Å². The van der Waals surface area contributed by atoms with Crippen LogP contribution in [0.25, 0.3) is 0 Å². The van der Waals surface area contributed by atoms with Gasteiger partial charge in [0.05, 0.1) is 0 Å². The van der Waals surface area contributed by atoms with Crippen LogP contribution in [0.2, 0.25) is 0 Å². The molecule has 0 radical (unpaired) electrons. The van der Waals surface area contributed by atoms with E-state index in [0.29, 0.717) is 0 Å². The fourth-order valence-electron chi connectivity index (χ4n) is 0.482. The SMILES string of the molecule is OC(C(F)(F)F)(C(F)(F)F)C(F)(F)F.[KH]. The second-order valence-corrected chi connectivity index (χ2v) is 2.20. The summed E-state index contributed by atoms with van der Waals surface area (Å²) in [6.45, 7) is 0.